The van der Waals surface area contributed by atoms with Crippen molar-refractivity contribution in [2.24, 2.45) is 5.73 Å². The zero-order valence-corrected chi connectivity index (χ0v) is 16.5. The quantitative estimate of drug-likeness (QED) is 0.592. The summed E-state index contributed by atoms with van der Waals surface area (Å²) in [6.45, 7) is 6.69. The van der Waals surface area contributed by atoms with E-state index in [4.69, 9.17) is 10.5 Å². The van der Waals surface area contributed by atoms with Gasteiger partial charge in [-0.3, -0.25) is 9.80 Å². The van der Waals surface area contributed by atoms with Crippen LogP contribution in [-0.2, 0) is 9.53 Å². The summed E-state index contributed by atoms with van der Waals surface area (Å²) >= 11 is 0. The Bertz CT molecular complexity index is 725. The molecule has 0 amide bonds. The fourth-order valence-corrected chi connectivity index (χ4v) is 3.63. The molecule has 0 aromatic heterocycles. The van der Waals surface area contributed by atoms with Crippen LogP contribution in [0.25, 0.3) is 0 Å². The van der Waals surface area contributed by atoms with Crippen LogP contribution < -0.4 is 5.73 Å². The molecule has 28 heavy (non-hydrogen) atoms. The number of piperazine rings is 1. The van der Waals surface area contributed by atoms with Gasteiger partial charge in [-0.1, -0.05) is 60.7 Å². The van der Waals surface area contributed by atoms with Crippen LogP contribution in [0.3, 0.4) is 0 Å². The van der Waals surface area contributed by atoms with E-state index in [1.54, 1.807) is 6.92 Å². The van der Waals surface area contributed by atoms with Gasteiger partial charge in [0.15, 0.2) is 0 Å². The van der Waals surface area contributed by atoms with E-state index >= 15 is 0 Å². The molecule has 1 aliphatic heterocycles. The number of esters is 1. The summed E-state index contributed by atoms with van der Waals surface area (Å²) in [6.07, 6.45) is 1.32. The number of hydrogen-bond donors (Lipinski definition) is 1. The van der Waals surface area contributed by atoms with E-state index in [0.29, 0.717) is 12.3 Å². The van der Waals surface area contributed by atoms with Gasteiger partial charge in [-0.15, -0.1) is 0 Å². The van der Waals surface area contributed by atoms with Crippen LogP contribution in [0.15, 0.2) is 72.4 Å². The van der Waals surface area contributed by atoms with Crippen LogP contribution in [0.4, 0.5) is 0 Å². The van der Waals surface area contributed by atoms with Gasteiger partial charge in [0.2, 0.25) is 0 Å². The van der Waals surface area contributed by atoms with Gasteiger partial charge in [-0.05, 0) is 18.1 Å². The van der Waals surface area contributed by atoms with E-state index in [0.717, 1.165) is 32.7 Å². The third-order valence-corrected chi connectivity index (χ3v) is 5.00. The first-order chi connectivity index (χ1) is 13.6. The van der Waals surface area contributed by atoms with Crippen molar-refractivity contribution < 1.29 is 9.53 Å². The van der Waals surface area contributed by atoms with E-state index in [1.807, 2.05) is 0 Å². The van der Waals surface area contributed by atoms with E-state index in [-0.39, 0.29) is 12.0 Å². The molecule has 0 unspecified atom stereocenters. The molecule has 148 valence electrons. The molecule has 0 radical (unpaired) electrons. The van der Waals surface area contributed by atoms with Gasteiger partial charge in [-0.2, -0.15) is 0 Å². The van der Waals surface area contributed by atoms with Crippen molar-refractivity contribution >= 4 is 5.97 Å². The third kappa shape index (κ3) is 5.68. The van der Waals surface area contributed by atoms with Crippen molar-refractivity contribution in [1.82, 2.24) is 9.80 Å². The molecule has 1 fully saturated rings. The first kappa shape index (κ1) is 20.1. The summed E-state index contributed by atoms with van der Waals surface area (Å²) in [4.78, 5) is 16.4. The Morgan fingerprint density at radius 1 is 1.00 bits per heavy atom. The normalized spacial score (nSPS) is 16.3. The van der Waals surface area contributed by atoms with Crippen LogP contribution in [0.2, 0.25) is 0 Å². The van der Waals surface area contributed by atoms with Crippen molar-refractivity contribution in [2.75, 3.05) is 39.3 Å². The van der Waals surface area contributed by atoms with Crippen LogP contribution in [-0.4, -0.2) is 55.1 Å². The van der Waals surface area contributed by atoms with Crippen molar-refractivity contribution in [1.29, 1.82) is 0 Å². The molecular formula is C23H29N3O2. The molecule has 5 heteroatoms. The van der Waals surface area contributed by atoms with Crippen LogP contribution >= 0.6 is 0 Å². The number of ether oxygens (including phenoxy) is 1. The molecule has 0 aliphatic carbocycles. The van der Waals surface area contributed by atoms with Crippen LogP contribution in [0.5, 0.6) is 0 Å². The summed E-state index contributed by atoms with van der Waals surface area (Å²) in [7, 11) is 0. The predicted molar refractivity (Wildman–Crippen MR) is 112 cm³/mol. The highest BCUT2D eigenvalue weighted by Crippen LogP contribution is 2.29. The van der Waals surface area contributed by atoms with E-state index in [9.17, 15) is 4.79 Å². The number of allylic oxidation sites excluding steroid dienone is 1. The summed E-state index contributed by atoms with van der Waals surface area (Å²) in [5.41, 5.74) is 8.59. The topological polar surface area (TPSA) is 58.8 Å². The summed E-state index contributed by atoms with van der Waals surface area (Å²) in [5.74, 6) is -0.369. The second kappa shape index (κ2) is 10.1. The monoisotopic (exact) mass is 379 g/mol. The largest absolute Gasteiger partial charge is 0.461 e. The fraction of sp³-hybridized carbons (Fsp3) is 0.348. The lowest BCUT2D eigenvalue weighted by molar-refractivity contribution is -0.138. The molecule has 3 rings (SSSR count). The highest BCUT2D eigenvalue weighted by Gasteiger charge is 2.26. The van der Waals surface area contributed by atoms with Crippen molar-refractivity contribution in [3.8, 4) is 0 Å². The second-order valence-corrected chi connectivity index (χ2v) is 7.16. The van der Waals surface area contributed by atoms with Crippen LogP contribution in [0, 0.1) is 0 Å². The van der Waals surface area contributed by atoms with E-state index in [2.05, 4.69) is 70.5 Å². The minimum Gasteiger partial charge on any atom is -0.461 e. The Kier molecular flexibility index (Phi) is 7.23. The summed E-state index contributed by atoms with van der Waals surface area (Å²) in [6, 6.07) is 21.6. The zero-order valence-electron chi connectivity index (χ0n) is 16.5. The summed E-state index contributed by atoms with van der Waals surface area (Å²) < 4.78 is 5.22. The van der Waals surface area contributed by atoms with Gasteiger partial charge < -0.3 is 10.5 Å². The third-order valence-electron chi connectivity index (χ3n) is 5.00. The number of carbonyl (C=O) groups excluding carboxylic acids is 1. The van der Waals surface area contributed by atoms with Gasteiger partial charge in [0.05, 0.1) is 6.04 Å². The van der Waals surface area contributed by atoms with Gasteiger partial charge >= 0.3 is 5.97 Å². The Labute approximate surface area is 167 Å². The lowest BCUT2D eigenvalue weighted by Gasteiger charge is -2.39. The molecule has 2 aromatic rings. The Morgan fingerprint density at radius 3 is 2.04 bits per heavy atom. The molecule has 5 nitrogen and oxygen atoms in total. The van der Waals surface area contributed by atoms with Gasteiger partial charge in [0.1, 0.15) is 6.61 Å². The fourth-order valence-electron chi connectivity index (χ4n) is 3.63. The number of benzene rings is 2. The number of nitrogens with zero attached hydrogens (tertiary/aromatic N) is 2. The first-order valence-electron chi connectivity index (χ1n) is 9.80. The smallest absolute Gasteiger partial charge is 0.332 e. The first-order valence-corrected chi connectivity index (χ1v) is 9.80. The van der Waals surface area contributed by atoms with Crippen LogP contribution in [0.1, 0.15) is 24.1 Å². The molecule has 1 heterocycles. The molecule has 2 N–H and O–H groups in total. The maximum absolute atomic E-state index is 11.5. The molecule has 0 spiro atoms. The number of rotatable bonds is 7. The number of nitrogens with two attached hydrogens (primary N) is 1. The molecule has 0 saturated carbocycles. The molecule has 1 saturated heterocycles. The molecule has 2 aromatic carbocycles. The second-order valence-electron chi connectivity index (χ2n) is 7.16. The Morgan fingerprint density at radius 2 is 1.54 bits per heavy atom. The summed E-state index contributed by atoms with van der Waals surface area (Å²) in [5, 5.41) is 0. The van der Waals surface area contributed by atoms with Gasteiger partial charge in [0, 0.05) is 44.5 Å². The average molecular weight is 380 g/mol. The van der Waals surface area contributed by atoms with Crippen molar-refractivity contribution in [3.05, 3.63) is 83.6 Å². The highest BCUT2D eigenvalue weighted by atomic mass is 16.5. The highest BCUT2D eigenvalue weighted by molar-refractivity contribution is 5.82. The SMILES string of the molecule is CC(N)=CC(=O)OCCN1CCN(C(c2ccccc2)c2ccccc2)CC1. The Hall–Kier alpha value is -2.63. The molecule has 1 aliphatic rings. The van der Waals surface area contributed by atoms with E-state index < -0.39 is 0 Å². The minimum atomic E-state index is -0.369. The average Bonchev–Trinajstić information content (AvgIpc) is 2.70. The molecule has 0 bridgehead atoms. The minimum absolute atomic E-state index is 0.264. The van der Waals surface area contributed by atoms with Crippen molar-refractivity contribution in [3.63, 3.8) is 0 Å². The number of carbonyl (C=O) groups is 1. The maximum atomic E-state index is 11.5. The lowest BCUT2D eigenvalue weighted by atomic mass is 9.96. The van der Waals surface area contributed by atoms with Gasteiger partial charge in [-0.25, -0.2) is 4.79 Å². The zero-order chi connectivity index (χ0) is 19.8. The molecular weight excluding hydrogens is 350 g/mol. The maximum Gasteiger partial charge on any atom is 0.332 e. The van der Waals surface area contributed by atoms with E-state index in [1.165, 1.54) is 17.2 Å². The predicted octanol–water partition coefficient (Wildman–Crippen LogP) is 2.80. The number of hydrogen-bond acceptors (Lipinski definition) is 5. The van der Waals surface area contributed by atoms with Gasteiger partial charge in [0.25, 0.3) is 0 Å². The Balaban J connectivity index is 1.57. The molecule has 0 atom stereocenters. The lowest BCUT2D eigenvalue weighted by Crippen LogP contribution is -2.48. The standard InChI is InChI=1S/C23H29N3O2/c1-19(24)18-22(27)28-17-16-25-12-14-26(15-13-25)23(20-8-4-2-5-9-20)21-10-6-3-7-11-21/h2-11,18,23H,12-17,24H2,1H3. The van der Waals surface area contributed by atoms with Crippen molar-refractivity contribution in [2.45, 2.75) is 13.0 Å².